The molecule has 2 aliphatic heterocycles. The lowest BCUT2D eigenvalue weighted by Crippen LogP contribution is -2.44. The maximum Gasteiger partial charge on any atom is 0.251 e. The lowest BCUT2D eigenvalue weighted by Gasteiger charge is -2.30. The number of benzene rings is 2. The number of carbonyl (C=O) groups is 2. The molecular formula is C21H18F2N2O2. The van der Waals surface area contributed by atoms with Crippen molar-refractivity contribution in [2.24, 2.45) is 0 Å². The van der Waals surface area contributed by atoms with Gasteiger partial charge in [-0.2, -0.15) is 0 Å². The van der Waals surface area contributed by atoms with Crippen molar-refractivity contribution in [1.29, 1.82) is 0 Å². The summed E-state index contributed by atoms with van der Waals surface area (Å²) in [5, 5.41) is 0. The molecule has 1 saturated heterocycles. The normalized spacial score (nSPS) is 20.9. The maximum atomic E-state index is 13.5. The summed E-state index contributed by atoms with van der Waals surface area (Å²) in [5.74, 6) is -1.39. The van der Waals surface area contributed by atoms with E-state index in [0.29, 0.717) is 19.5 Å². The van der Waals surface area contributed by atoms with Gasteiger partial charge in [-0.15, -0.1) is 0 Å². The summed E-state index contributed by atoms with van der Waals surface area (Å²) in [6, 6.07) is 11.3. The van der Waals surface area contributed by atoms with Crippen LogP contribution in [0.2, 0.25) is 0 Å². The highest BCUT2D eigenvalue weighted by Crippen LogP contribution is 2.29. The van der Waals surface area contributed by atoms with E-state index in [4.69, 9.17) is 0 Å². The van der Waals surface area contributed by atoms with Gasteiger partial charge in [0.15, 0.2) is 0 Å². The quantitative estimate of drug-likeness (QED) is 0.780. The lowest BCUT2D eigenvalue weighted by molar-refractivity contribution is -0.122. The van der Waals surface area contributed by atoms with Gasteiger partial charge in [0.25, 0.3) is 5.91 Å². The number of hydrogen-bond acceptors (Lipinski definition) is 3. The van der Waals surface area contributed by atoms with Crippen LogP contribution < -0.4 is 4.90 Å². The number of anilines is 1. The first kappa shape index (κ1) is 17.5. The van der Waals surface area contributed by atoms with Crippen LogP contribution in [0.4, 0.5) is 14.5 Å². The van der Waals surface area contributed by atoms with Gasteiger partial charge in [-0.1, -0.05) is 24.3 Å². The van der Waals surface area contributed by atoms with E-state index in [9.17, 15) is 18.4 Å². The van der Waals surface area contributed by atoms with Crippen LogP contribution >= 0.6 is 0 Å². The van der Waals surface area contributed by atoms with Gasteiger partial charge in [-0.25, -0.2) is 13.7 Å². The van der Waals surface area contributed by atoms with E-state index < -0.39 is 11.9 Å². The molecule has 138 valence electrons. The average Bonchev–Trinajstić information content (AvgIpc) is 2.97. The van der Waals surface area contributed by atoms with Gasteiger partial charge in [0.2, 0.25) is 5.91 Å². The van der Waals surface area contributed by atoms with Crippen molar-refractivity contribution in [3.63, 3.8) is 0 Å². The molecule has 4 nitrogen and oxygen atoms in total. The van der Waals surface area contributed by atoms with Crippen molar-refractivity contribution < 1.29 is 18.4 Å². The Morgan fingerprint density at radius 1 is 0.963 bits per heavy atom. The molecule has 27 heavy (non-hydrogen) atoms. The fourth-order valence-electron chi connectivity index (χ4n) is 3.68. The van der Waals surface area contributed by atoms with E-state index in [1.807, 2.05) is 11.0 Å². The molecule has 0 N–H and O–H groups in total. The van der Waals surface area contributed by atoms with Crippen LogP contribution in [-0.4, -0.2) is 35.8 Å². The fraction of sp³-hybridized carbons (Fsp3) is 0.238. The first-order chi connectivity index (χ1) is 13.0. The van der Waals surface area contributed by atoms with Crippen LogP contribution in [0.1, 0.15) is 18.4 Å². The van der Waals surface area contributed by atoms with E-state index in [1.165, 1.54) is 30.3 Å². The van der Waals surface area contributed by atoms with E-state index >= 15 is 0 Å². The maximum absolute atomic E-state index is 13.5. The Balaban J connectivity index is 1.49. The summed E-state index contributed by atoms with van der Waals surface area (Å²) < 4.78 is 26.5. The zero-order chi connectivity index (χ0) is 19.0. The molecule has 2 amide bonds. The average molecular weight is 368 g/mol. The van der Waals surface area contributed by atoms with E-state index in [1.54, 1.807) is 18.2 Å². The SMILES string of the molecule is O=C1C[C@@H](N2CC=C(c3ccc(F)cc3)CC2)C(=O)N1c1cccc(F)c1. The minimum Gasteiger partial charge on any atom is -0.287 e. The van der Waals surface area contributed by atoms with E-state index in [0.717, 1.165) is 16.0 Å². The minimum atomic E-state index is -0.535. The van der Waals surface area contributed by atoms with Crippen molar-refractivity contribution in [2.45, 2.75) is 18.9 Å². The molecule has 0 unspecified atom stereocenters. The molecule has 1 fully saturated rings. The van der Waals surface area contributed by atoms with Gasteiger partial charge in [0, 0.05) is 13.1 Å². The zero-order valence-electron chi connectivity index (χ0n) is 14.6. The predicted octanol–water partition coefficient (Wildman–Crippen LogP) is 3.39. The first-order valence-electron chi connectivity index (χ1n) is 8.84. The highest BCUT2D eigenvalue weighted by atomic mass is 19.1. The molecule has 6 heteroatoms. The third-order valence-corrected chi connectivity index (χ3v) is 5.09. The van der Waals surface area contributed by atoms with Crippen LogP contribution in [0, 0.1) is 11.6 Å². The summed E-state index contributed by atoms with van der Waals surface area (Å²) in [5.41, 5.74) is 2.34. The highest BCUT2D eigenvalue weighted by Gasteiger charge is 2.42. The van der Waals surface area contributed by atoms with Crippen molar-refractivity contribution >= 4 is 23.1 Å². The third-order valence-electron chi connectivity index (χ3n) is 5.09. The standard InChI is InChI=1S/C21H18F2N2O2/c22-16-6-4-14(5-7-16)15-8-10-24(11-9-15)19-13-20(26)25(21(19)27)18-3-1-2-17(23)12-18/h1-8,12,19H,9-11,13H2/t19-/m1/s1. The Morgan fingerprint density at radius 3 is 2.41 bits per heavy atom. The molecule has 2 heterocycles. The van der Waals surface area contributed by atoms with Gasteiger partial charge in [0.1, 0.15) is 11.6 Å². The Labute approximate surface area is 155 Å². The molecule has 0 spiro atoms. The largest absolute Gasteiger partial charge is 0.287 e. The number of carbonyl (C=O) groups excluding carboxylic acids is 2. The predicted molar refractivity (Wildman–Crippen MR) is 97.9 cm³/mol. The van der Waals surface area contributed by atoms with Crippen LogP contribution in [0.3, 0.4) is 0 Å². The van der Waals surface area contributed by atoms with Gasteiger partial charge in [0.05, 0.1) is 18.2 Å². The number of nitrogens with zero attached hydrogens (tertiary/aromatic N) is 2. The second-order valence-electron chi connectivity index (χ2n) is 6.75. The van der Waals surface area contributed by atoms with Gasteiger partial charge >= 0.3 is 0 Å². The molecule has 0 saturated carbocycles. The zero-order valence-corrected chi connectivity index (χ0v) is 14.6. The van der Waals surface area contributed by atoms with Gasteiger partial charge in [-0.05, 0) is 47.9 Å². The number of halogens is 2. The third kappa shape index (κ3) is 3.40. The van der Waals surface area contributed by atoms with Crippen molar-refractivity contribution in [3.05, 3.63) is 71.8 Å². The van der Waals surface area contributed by atoms with Crippen LogP contribution in [-0.2, 0) is 9.59 Å². The molecule has 0 aliphatic carbocycles. The number of hydrogen-bond donors (Lipinski definition) is 0. The molecule has 2 aromatic rings. The van der Waals surface area contributed by atoms with E-state index in [2.05, 4.69) is 0 Å². The fourth-order valence-corrected chi connectivity index (χ4v) is 3.68. The first-order valence-corrected chi connectivity index (χ1v) is 8.84. The molecule has 1 atom stereocenters. The molecule has 0 bridgehead atoms. The van der Waals surface area contributed by atoms with Gasteiger partial charge < -0.3 is 0 Å². The highest BCUT2D eigenvalue weighted by molar-refractivity contribution is 6.22. The second kappa shape index (κ2) is 7.04. The molecule has 0 radical (unpaired) electrons. The van der Waals surface area contributed by atoms with Crippen LogP contribution in [0.15, 0.2) is 54.6 Å². The molecule has 2 aromatic carbocycles. The number of imide groups is 1. The summed E-state index contributed by atoms with van der Waals surface area (Å²) in [7, 11) is 0. The lowest BCUT2D eigenvalue weighted by atomic mass is 9.98. The summed E-state index contributed by atoms with van der Waals surface area (Å²) in [6.07, 6.45) is 2.82. The molecular weight excluding hydrogens is 350 g/mol. The monoisotopic (exact) mass is 368 g/mol. The Bertz CT molecular complexity index is 924. The Kier molecular flexibility index (Phi) is 4.58. The smallest absolute Gasteiger partial charge is 0.251 e. The second-order valence-corrected chi connectivity index (χ2v) is 6.75. The molecule has 0 aromatic heterocycles. The number of rotatable bonds is 3. The number of amides is 2. The van der Waals surface area contributed by atoms with Crippen LogP contribution in [0.5, 0.6) is 0 Å². The minimum absolute atomic E-state index is 0.0923. The van der Waals surface area contributed by atoms with Gasteiger partial charge in [-0.3, -0.25) is 14.5 Å². The molecule has 2 aliphatic rings. The summed E-state index contributed by atoms with van der Waals surface area (Å²) >= 11 is 0. The topological polar surface area (TPSA) is 40.6 Å². The molecule has 4 rings (SSSR count). The van der Waals surface area contributed by atoms with Crippen molar-refractivity contribution in [2.75, 3.05) is 18.0 Å². The van der Waals surface area contributed by atoms with Crippen LogP contribution in [0.25, 0.3) is 5.57 Å². The summed E-state index contributed by atoms with van der Waals surface area (Å²) in [6.45, 7) is 1.16. The Morgan fingerprint density at radius 2 is 1.74 bits per heavy atom. The van der Waals surface area contributed by atoms with Crippen molar-refractivity contribution in [1.82, 2.24) is 4.90 Å². The van der Waals surface area contributed by atoms with E-state index in [-0.39, 0.29) is 29.7 Å². The summed E-state index contributed by atoms with van der Waals surface area (Å²) in [4.78, 5) is 28.2. The Hall–Kier alpha value is -2.86. The van der Waals surface area contributed by atoms with Crippen molar-refractivity contribution in [3.8, 4) is 0 Å².